The molecule has 0 amide bonds. The molecule has 0 fully saturated rings. The van der Waals surface area contributed by atoms with Crippen molar-refractivity contribution in [3.05, 3.63) is 44.9 Å². The minimum Gasteiger partial charge on any atom is -0.245 e. The van der Waals surface area contributed by atoms with Crippen molar-refractivity contribution in [1.82, 2.24) is 9.71 Å². The van der Waals surface area contributed by atoms with Gasteiger partial charge in [-0.2, -0.15) is 5.26 Å². The third kappa shape index (κ3) is 3.60. The van der Waals surface area contributed by atoms with Crippen molar-refractivity contribution in [1.29, 1.82) is 5.26 Å². The average Bonchev–Trinajstić information content (AvgIpc) is 2.85. The number of rotatable bonds is 4. The van der Waals surface area contributed by atoms with Crippen molar-refractivity contribution in [2.75, 3.05) is 0 Å². The lowest BCUT2D eigenvalue weighted by atomic mass is 10.2. The summed E-state index contributed by atoms with van der Waals surface area (Å²) in [6, 6.07) is 5.53. The quantitative estimate of drug-likeness (QED) is 0.926. The standard InChI is InChI=1S/C13H12ClN3O2S2/c1-8-7-20-13(16-8)9(2)17-21(18,19)12-5-10(6-15)3-4-11(12)14/h3-5,7,9,17H,1-2H3. The molecule has 0 saturated carbocycles. The van der Waals surface area contributed by atoms with Gasteiger partial charge in [0.25, 0.3) is 0 Å². The lowest BCUT2D eigenvalue weighted by Gasteiger charge is -2.13. The summed E-state index contributed by atoms with van der Waals surface area (Å²) in [4.78, 5) is 4.14. The lowest BCUT2D eigenvalue weighted by Crippen LogP contribution is -2.27. The van der Waals surface area contributed by atoms with Gasteiger partial charge in [-0.15, -0.1) is 11.3 Å². The fourth-order valence-electron chi connectivity index (χ4n) is 1.70. The minimum atomic E-state index is -3.83. The number of nitrogens with zero attached hydrogens (tertiary/aromatic N) is 2. The Balaban J connectivity index is 2.33. The first-order chi connectivity index (χ1) is 9.83. The first kappa shape index (κ1) is 15.9. The van der Waals surface area contributed by atoms with Crippen LogP contribution in [0.4, 0.5) is 0 Å². The van der Waals surface area contributed by atoms with E-state index in [0.717, 1.165) is 5.69 Å². The van der Waals surface area contributed by atoms with E-state index in [0.29, 0.717) is 5.01 Å². The summed E-state index contributed by atoms with van der Waals surface area (Å²) in [5.41, 5.74) is 1.07. The highest BCUT2D eigenvalue weighted by atomic mass is 35.5. The third-order valence-electron chi connectivity index (χ3n) is 2.69. The Morgan fingerprint density at radius 3 is 2.76 bits per heavy atom. The fourth-order valence-corrected chi connectivity index (χ4v) is 4.31. The van der Waals surface area contributed by atoms with Gasteiger partial charge in [0.2, 0.25) is 10.0 Å². The number of sulfonamides is 1. The van der Waals surface area contributed by atoms with Gasteiger partial charge in [0, 0.05) is 11.1 Å². The van der Waals surface area contributed by atoms with Crippen LogP contribution in [0.2, 0.25) is 5.02 Å². The number of aromatic nitrogens is 1. The summed E-state index contributed by atoms with van der Waals surface area (Å²) in [6.07, 6.45) is 0. The highest BCUT2D eigenvalue weighted by molar-refractivity contribution is 7.89. The summed E-state index contributed by atoms with van der Waals surface area (Å²) in [7, 11) is -3.83. The van der Waals surface area contributed by atoms with Crippen LogP contribution in [-0.4, -0.2) is 13.4 Å². The minimum absolute atomic E-state index is 0.0732. The van der Waals surface area contributed by atoms with E-state index in [-0.39, 0.29) is 15.5 Å². The number of hydrogen-bond donors (Lipinski definition) is 1. The molecular weight excluding hydrogens is 330 g/mol. The molecule has 2 aromatic rings. The van der Waals surface area contributed by atoms with Crippen LogP contribution in [0.15, 0.2) is 28.5 Å². The Labute approximate surface area is 132 Å². The van der Waals surface area contributed by atoms with Gasteiger partial charge in [0.05, 0.1) is 22.7 Å². The van der Waals surface area contributed by atoms with Gasteiger partial charge in [-0.05, 0) is 32.0 Å². The highest BCUT2D eigenvalue weighted by Gasteiger charge is 2.23. The Hall–Kier alpha value is -1.46. The molecule has 0 saturated heterocycles. The van der Waals surface area contributed by atoms with Gasteiger partial charge in [-0.3, -0.25) is 0 Å². The van der Waals surface area contributed by atoms with Crippen LogP contribution < -0.4 is 4.72 Å². The van der Waals surface area contributed by atoms with Gasteiger partial charge < -0.3 is 0 Å². The maximum atomic E-state index is 12.4. The Kier molecular flexibility index (Phi) is 4.64. The monoisotopic (exact) mass is 341 g/mol. The number of nitrogens with one attached hydrogen (secondary N) is 1. The maximum Gasteiger partial charge on any atom is 0.242 e. The van der Waals surface area contributed by atoms with Crippen LogP contribution >= 0.6 is 22.9 Å². The summed E-state index contributed by atoms with van der Waals surface area (Å²) >= 11 is 7.31. The van der Waals surface area contributed by atoms with Crippen molar-refractivity contribution >= 4 is 33.0 Å². The SMILES string of the molecule is Cc1csc(C(C)NS(=O)(=O)c2cc(C#N)ccc2Cl)n1. The van der Waals surface area contributed by atoms with Gasteiger partial charge in [-0.1, -0.05) is 11.6 Å². The number of aryl methyl sites for hydroxylation is 1. The summed E-state index contributed by atoms with van der Waals surface area (Å²) < 4.78 is 27.3. The van der Waals surface area contributed by atoms with Crippen LogP contribution in [-0.2, 0) is 10.0 Å². The molecule has 1 N–H and O–H groups in total. The molecule has 1 atom stereocenters. The molecule has 0 radical (unpaired) electrons. The Bertz CT molecular complexity index is 809. The molecule has 1 unspecified atom stereocenters. The van der Waals surface area contributed by atoms with E-state index in [9.17, 15) is 8.42 Å². The first-order valence-corrected chi connectivity index (χ1v) is 8.71. The van der Waals surface area contributed by atoms with Crippen LogP contribution in [0.1, 0.15) is 29.2 Å². The van der Waals surface area contributed by atoms with Gasteiger partial charge in [0.1, 0.15) is 9.90 Å². The van der Waals surface area contributed by atoms with Gasteiger partial charge >= 0.3 is 0 Å². The molecule has 1 heterocycles. The van der Waals surface area contributed by atoms with E-state index in [4.69, 9.17) is 16.9 Å². The predicted molar refractivity (Wildman–Crippen MR) is 81.8 cm³/mol. The van der Waals surface area contributed by atoms with E-state index in [1.54, 1.807) is 6.92 Å². The van der Waals surface area contributed by atoms with Crippen LogP contribution in [0.5, 0.6) is 0 Å². The molecule has 0 bridgehead atoms. The first-order valence-electron chi connectivity index (χ1n) is 5.97. The van der Waals surface area contributed by atoms with Gasteiger partial charge in [0.15, 0.2) is 0 Å². The fraction of sp³-hybridized carbons (Fsp3) is 0.231. The molecule has 1 aromatic carbocycles. The molecule has 110 valence electrons. The van der Waals surface area contributed by atoms with Crippen LogP contribution in [0, 0.1) is 18.3 Å². The topological polar surface area (TPSA) is 82.9 Å². The molecule has 21 heavy (non-hydrogen) atoms. The van der Waals surface area contributed by atoms with Crippen LogP contribution in [0.25, 0.3) is 0 Å². The molecule has 0 spiro atoms. The van der Waals surface area contributed by atoms with Crippen molar-refractivity contribution in [3.63, 3.8) is 0 Å². The number of thiazole rings is 1. The van der Waals surface area contributed by atoms with E-state index < -0.39 is 16.1 Å². The molecule has 0 aliphatic heterocycles. The van der Waals surface area contributed by atoms with Crippen LogP contribution in [0.3, 0.4) is 0 Å². The number of halogens is 1. The van der Waals surface area contributed by atoms with Gasteiger partial charge in [-0.25, -0.2) is 18.1 Å². The third-order valence-corrected chi connectivity index (χ3v) is 5.86. The molecule has 2 rings (SSSR count). The Morgan fingerprint density at radius 2 is 2.19 bits per heavy atom. The van der Waals surface area contributed by atoms with E-state index in [2.05, 4.69) is 9.71 Å². The maximum absolute atomic E-state index is 12.4. The van der Waals surface area contributed by atoms with Crippen molar-refractivity contribution < 1.29 is 8.42 Å². The summed E-state index contributed by atoms with van der Waals surface area (Å²) in [5, 5.41) is 11.5. The van der Waals surface area contributed by atoms with Crippen molar-refractivity contribution in [3.8, 4) is 6.07 Å². The Morgan fingerprint density at radius 1 is 1.48 bits per heavy atom. The second-order valence-electron chi connectivity index (χ2n) is 4.43. The largest absolute Gasteiger partial charge is 0.245 e. The lowest BCUT2D eigenvalue weighted by molar-refractivity contribution is 0.566. The molecular formula is C13H12ClN3O2S2. The zero-order valence-electron chi connectivity index (χ0n) is 11.3. The molecule has 5 nitrogen and oxygen atoms in total. The molecule has 0 aliphatic carbocycles. The van der Waals surface area contributed by atoms with E-state index >= 15 is 0 Å². The second kappa shape index (κ2) is 6.12. The highest BCUT2D eigenvalue weighted by Crippen LogP contribution is 2.25. The molecule has 0 aliphatic rings. The number of nitriles is 1. The summed E-state index contributed by atoms with van der Waals surface area (Å²) in [6.45, 7) is 3.55. The van der Waals surface area contributed by atoms with E-state index in [1.165, 1.54) is 29.5 Å². The predicted octanol–water partition coefficient (Wildman–Crippen LogP) is 3.02. The molecule has 8 heteroatoms. The van der Waals surface area contributed by atoms with Crippen molar-refractivity contribution in [2.45, 2.75) is 24.8 Å². The van der Waals surface area contributed by atoms with Crippen molar-refractivity contribution in [2.24, 2.45) is 0 Å². The average molecular weight is 342 g/mol. The number of benzene rings is 1. The zero-order chi connectivity index (χ0) is 15.6. The molecule has 1 aromatic heterocycles. The summed E-state index contributed by atoms with van der Waals surface area (Å²) in [5.74, 6) is 0. The smallest absolute Gasteiger partial charge is 0.242 e. The van der Waals surface area contributed by atoms with E-state index in [1.807, 2.05) is 18.4 Å². The zero-order valence-corrected chi connectivity index (χ0v) is 13.7. The second-order valence-corrected chi connectivity index (χ2v) is 7.41. The number of hydrogen-bond acceptors (Lipinski definition) is 5. The normalized spacial score (nSPS) is 12.9.